The fourth-order valence-corrected chi connectivity index (χ4v) is 2.21. The lowest BCUT2D eigenvalue weighted by Crippen LogP contribution is -2.36. The van der Waals surface area contributed by atoms with Gasteiger partial charge in [0.2, 0.25) is 6.79 Å². The average molecular weight is 219 g/mol. The van der Waals surface area contributed by atoms with Crippen LogP contribution in [0.15, 0.2) is 18.2 Å². The minimum Gasteiger partial charge on any atom is -0.454 e. The van der Waals surface area contributed by atoms with Crippen LogP contribution in [0.25, 0.3) is 0 Å². The summed E-state index contributed by atoms with van der Waals surface area (Å²) in [6.07, 6.45) is 4.00. The molecule has 1 heterocycles. The van der Waals surface area contributed by atoms with E-state index in [9.17, 15) is 0 Å². The van der Waals surface area contributed by atoms with Crippen molar-refractivity contribution in [2.45, 2.75) is 38.3 Å². The normalized spacial score (nSPS) is 20.6. The molecule has 1 unspecified atom stereocenters. The van der Waals surface area contributed by atoms with Crippen molar-refractivity contribution < 1.29 is 9.47 Å². The first-order chi connectivity index (χ1) is 7.83. The third-order valence-electron chi connectivity index (χ3n) is 3.49. The van der Waals surface area contributed by atoms with Crippen LogP contribution < -0.4 is 14.8 Å². The Kier molecular flexibility index (Phi) is 2.48. The van der Waals surface area contributed by atoms with Crippen LogP contribution in [0.1, 0.15) is 37.8 Å². The Morgan fingerprint density at radius 3 is 2.81 bits per heavy atom. The molecule has 0 amide bonds. The van der Waals surface area contributed by atoms with Crippen LogP contribution in [0.4, 0.5) is 0 Å². The maximum atomic E-state index is 5.38. The molecule has 0 aromatic heterocycles. The molecule has 1 aromatic carbocycles. The second kappa shape index (κ2) is 3.98. The zero-order chi connectivity index (χ0) is 11.0. The first-order valence-electron chi connectivity index (χ1n) is 5.98. The zero-order valence-electron chi connectivity index (χ0n) is 9.53. The van der Waals surface area contributed by atoms with E-state index in [0.29, 0.717) is 18.9 Å². The number of benzene rings is 1. The summed E-state index contributed by atoms with van der Waals surface area (Å²) in [5, 5.41) is 3.63. The molecule has 86 valence electrons. The van der Waals surface area contributed by atoms with Crippen LogP contribution in [-0.2, 0) is 0 Å². The molecule has 1 aliphatic heterocycles. The van der Waals surface area contributed by atoms with Crippen LogP contribution >= 0.6 is 0 Å². The van der Waals surface area contributed by atoms with E-state index in [2.05, 4.69) is 24.4 Å². The number of hydrogen-bond donors (Lipinski definition) is 1. The van der Waals surface area contributed by atoms with Gasteiger partial charge in [0.1, 0.15) is 0 Å². The van der Waals surface area contributed by atoms with Gasteiger partial charge in [-0.2, -0.15) is 0 Å². The van der Waals surface area contributed by atoms with Crippen molar-refractivity contribution in [2.24, 2.45) is 0 Å². The van der Waals surface area contributed by atoms with Crippen LogP contribution in [0, 0.1) is 0 Å². The molecule has 16 heavy (non-hydrogen) atoms. The third kappa shape index (κ3) is 1.76. The van der Waals surface area contributed by atoms with E-state index in [1.54, 1.807) is 0 Å². The molecule has 1 aliphatic carbocycles. The van der Waals surface area contributed by atoms with Gasteiger partial charge in [0.05, 0.1) is 0 Å². The Hall–Kier alpha value is -1.22. The highest BCUT2D eigenvalue weighted by Gasteiger charge is 2.21. The van der Waals surface area contributed by atoms with Gasteiger partial charge in [0.25, 0.3) is 0 Å². The van der Waals surface area contributed by atoms with E-state index in [1.165, 1.54) is 24.8 Å². The number of ether oxygens (including phenoxy) is 2. The van der Waals surface area contributed by atoms with Crippen molar-refractivity contribution in [1.29, 1.82) is 0 Å². The van der Waals surface area contributed by atoms with Crippen LogP contribution in [0.2, 0.25) is 0 Å². The molecule has 1 saturated carbocycles. The maximum Gasteiger partial charge on any atom is 0.231 e. The molecular formula is C13H17NO2. The minimum absolute atomic E-state index is 0.350. The van der Waals surface area contributed by atoms with Gasteiger partial charge in [-0.15, -0.1) is 0 Å². The highest BCUT2D eigenvalue weighted by atomic mass is 16.7. The molecule has 0 spiro atoms. The Labute approximate surface area is 95.8 Å². The predicted octanol–water partition coefficient (Wildman–Crippen LogP) is 2.62. The standard InChI is InChI=1S/C13H17NO2/c1-9(14-11-3-2-4-11)10-5-6-12-13(7-10)16-8-15-12/h5-7,9,11,14H,2-4,8H2,1H3. The van der Waals surface area contributed by atoms with Gasteiger partial charge in [-0.1, -0.05) is 12.5 Å². The van der Waals surface area contributed by atoms with Crippen molar-refractivity contribution >= 4 is 0 Å². The van der Waals surface area contributed by atoms with E-state index in [-0.39, 0.29) is 0 Å². The number of nitrogens with one attached hydrogen (secondary N) is 1. The maximum absolute atomic E-state index is 5.38. The molecule has 3 nitrogen and oxygen atoms in total. The van der Waals surface area contributed by atoms with Crippen LogP contribution in [0.3, 0.4) is 0 Å². The summed E-state index contributed by atoms with van der Waals surface area (Å²) in [5.74, 6) is 1.74. The summed E-state index contributed by atoms with van der Waals surface area (Å²) in [6, 6.07) is 7.29. The Morgan fingerprint density at radius 2 is 2.06 bits per heavy atom. The van der Waals surface area contributed by atoms with Gasteiger partial charge in [-0.25, -0.2) is 0 Å². The third-order valence-corrected chi connectivity index (χ3v) is 3.49. The summed E-state index contributed by atoms with van der Waals surface area (Å²) < 4.78 is 10.7. The zero-order valence-corrected chi connectivity index (χ0v) is 9.53. The van der Waals surface area contributed by atoms with Crippen molar-refractivity contribution in [3.8, 4) is 11.5 Å². The molecule has 1 fully saturated rings. The topological polar surface area (TPSA) is 30.5 Å². The summed E-state index contributed by atoms with van der Waals surface area (Å²) in [4.78, 5) is 0. The van der Waals surface area contributed by atoms with Crippen LogP contribution in [-0.4, -0.2) is 12.8 Å². The predicted molar refractivity (Wildman–Crippen MR) is 61.8 cm³/mol. The smallest absolute Gasteiger partial charge is 0.231 e. The van der Waals surface area contributed by atoms with E-state index < -0.39 is 0 Å². The van der Waals surface area contributed by atoms with E-state index in [0.717, 1.165) is 11.5 Å². The molecule has 3 heteroatoms. The van der Waals surface area contributed by atoms with E-state index >= 15 is 0 Å². The number of hydrogen-bond acceptors (Lipinski definition) is 3. The lowest BCUT2D eigenvalue weighted by atomic mass is 9.92. The van der Waals surface area contributed by atoms with Crippen molar-refractivity contribution in [2.75, 3.05) is 6.79 Å². The monoisotopic (exact) mass is 219 g/mol. The lowest BCUT2D eigenvalue weighted by Gasteiger charge is -2.30. The van der Waals surface area contributed by atoms with Gasteiger partial charge in [0, 0.05) is 12.1 Å². The summed E-state index contributed by atoms with van der Waals surface area (Å²) >= 11 is 0. The van der Waals surface area contributed by atoms with E-state index in [1.807, 2.05) is 6.07 Å². The van der Waals surface area contributed by atoms with Gasteiger partial charge in [0.15, 0.2) is 11.5 Å². The van der Waals surface area contributed by atoms with Crippen molar-refractivity contribution in [3.63, 3.8) is 0 Å². The quantitative estimate of drug-likeness (QED) is 0.847. The van der Waals surface area contributed by atoms with E-state index in [4.69, 9.17) is 9.47 Å². The molecule has 0 radical (unpaired) electrons. The summed E-state index contributed by atoms with van der Waals surface area (Å²) in [5.41, 5.74) is 1.27. The molecule has 1 aromatic rings. The highest BCUT2D eigenvalue weighted by Crippen LogP contribution is 2.34. The number of fused-ring (bicyclic) bond motifs is 1. The van der Waals surface area contributed by atoms with Crippen molar-refractivity contribution in [1.82, 2.24) is 5.32 Å². The summed E-state index contributed by atoms with van der Waals surface area (Å²) in [6.45, 7) is 2.55. The molecule has 1 N–H and O–H groups in total. The highest BCUT2D eigenvalue weighted by molar-refractivity contribution is 5.45. The average Bonchev–Trinajstić information content (AvgIpc) is 2.69. The largest absolute Gasteiger partial charge is 0.454 e. The molecule has 2 aliphatic rings. The Morgan fingerprint density at radius 1 is 1.25 bits per heavy atom. The lowest BCUT2D eigenvalue weighted by molar-refractivity contribution is 0.174. The first-order valence-corrected chi connectivity index (χ1v) is 5.98. The molecule has 1 atom stereocenters. The van der Waals surface area contributed by atoms with Gasteiger partial charge in [-0.3, -0.25) is 0 Å². The summed E-state index contributed by atoms with van der Waals surface area (Å²) in [7, 11) is 0. The van der Waals surface area contributed by atoms with Gasteiger partial charge < -0.3 is 14.8 Å². The SMILES string of the molecule is CC(NC1CCC1)c1ccc2c(c1)OCO2. The fourth-order valence-electron chi connectivity index (χ4n) is 2.21. The van der Waals surface area contributed by atoms with Gasteiger partial charge >= 0.3 is 0 Å². The number of rotatable bonds is 3. The molecule has 0 saturated heterocycles. The first kappa shape index (κ1) is 9.97. The van der Waals surface area contributed by atoms with Crippen molar-refractivity contribution in [3.05, 3.63) is 23.8 Å². The second-order valence-corrected chi connectivity index (χ2v) is 4.63. The molecular weight excluding hydrogens is 202 g/mol. The molecule has 0 bridgehead atoms. The minimum atomic E-state index is 0.350. The van der Waals surface area contributed by atoms with Gasteiger partial charge in [-0.05, 0) is 37.5 Å². The Bertz CT molecular complexity index is 388. The second-order valence-electron chi connectivity index (χ2n) is 4.63. The Balaban J connectivity index is 1.72. The fraction of sp³-hybridized carbons (Fsp3) is 0.538. The molecule has 3 rings (SSSR count). The van der Waals surface area contributed by atoms with Crippen LogP contribution in [0.5, 0.6) is 11.5 Å².